The maximum absolute atomic E-state index is 13.6. The minimum absolute atomic E-state index is 0.0703. The van der Waals surface area contributed by atoms with Crippen molar-refractivity contribution in [2.45, 2.75) is 20.0 Å². The highest BCUT2D eigenvalue weighted by molar-refractivity contribution is 5.94. The van der Waals surface area contributed by atoms with Crippen molar-refractivity contribution in [2.75, 3.05) is 20.6 Å². The molecule has 6 nitrogen and oxygen atoms in total. The molecule has 0 aliphatic heterocycles. The van der Waals surface area contributed by atoms with E-state index in [1.165, 1.54) is 5.56 Å². The molecular weight excluding hydrogens is 400 g/mol. The van der Waals surface area contributed by atoms with E-state index in [1.807, 2.05) is 54.3 Å². The molecule has 0 spiro atoms. The van der Waals surface area contributed by atoms with Crippen LogP contribution < -0.4 is 0 Å². The van der Waals surface area contributed by atoms with Crippen LogP contribution in [-0.4, -0.2) is 46.1 Å². The van der Waals surface area contributed by atoms with Crippen LogP contribution in [0.5, 0.6) is 0 Å². The minimum Gasteiger partial charge on any atom is -0.463 e. The molecule has 2 aromatic heterocycles. The third-order valence-corrected chi connectivity index (χ3v) is 5.27. The van der Waals surface area contributed by atoms with E-state index in [0.29, 0.717) is 30.2 Å². The van der Waals surface area contributed by atoms with E-state index in [2.05, 4.69) is 48.4 Å². The smallest absolute Gasteiger partial charge is 0.272 e. The summed E-state index contributed by atoms with van der Waals surface area (Å²) >= 11 is 0. The number of benzene rings is 2. The molecule has 6 heteroatoms. The van der Waals surface area contributed by atoms with Crippen molar-refractivity contribution in [1.82, 2.24) is 19.6 Å². The molecule has 1 amide bonds. The van der Waals surface area contributed by atoms with E-state index >= 15 is 0 Å². The van der Waals surface area contributed by atoms with E-state index in [9.17, 15) is 4.79 Å². The third-order valence-electron chi connectivity index (χ3n) is 5.27. The highest BCUT2D eigenvalue weighted by atomic mass is 16.3. The monoisotopic (exact) mass is 428 g/mol. The summed E-state index contributed by atoms with van der Waals surface area (Å²) in [5.41, 5.74) is 4.32. The second-order valence-electron chi connectivity index (χ2n) is 8.01. The normalized spacial score (nSPS) is 11.1. The van der Waals surface area contributed by atoms with Gasteiger partial charge in [0.05, 0.1) is 12.0 Å². The molecule has 2 aromatic carbocycles. The van der Waals surface area contributed by atoms with E-state index in [0.717, 1.165) is 17.8 Å². The number of hydrogen-bond donors (Lipinski definition) is 0. The summed E-state index contributed by atoms with van der Waals surface area (Å²) in [4.78, 5) is 17.6. The number of rotatable bonds is 8. The first-order valence-electron chi connectivity index (χ1n) is 10.8. The first-order chi connectivity index (χ1) is 15.5. The fourth-order valence-corrected chi connectivity index (χ4v) is 3.67. The lowest BCUT2D eigenvalue weighted by Gasteiger charge is -2.21. The highest BCUT2D eigenvalue weighted by Gasteiger charge is 2.23. The zero-order chi connectivity index (χ0) is 22.5. The van der Waals surface area contributed by atoms with Crippen LogP contribution in [0.25, 0.3) is 17.1 Å². The maximum Gasteiger partial charge on any atom is 0.272 e. The van der Waals surface area contributed by atoms with Gasteiger partial charge in [0, 0.05) is 25.7 Å². The maximum atomic E-state index is 13.6. The van der Waals surface area contributed by atoms with Gasteiger partial charge in [0.15, 0.2) is 5.76 Å². The molecule has 0 N–H and O–H groups in total. The number of furan rings is 1. The second-order valence-corrected chi connectivity index (χ2v) is 8.01. The predicted octanol–water partition coefficient (Wildman–Crippen LogP) is 4.86. The molecule has 4 aromatic rings. The average Bonchev–Trinajstić information content (AvgIpc) is 3.48. The van der Waals surface area contributed by atoms with Crippen molar-refractivity contribution in [3.63, 3.8) is 0 Å². The van der Waals surface area contributed by atoms with Crippen LogP contribution in [0.4, 0.5) is 0 Å². The Bertz CT molecular complexity index is 1150. The van der Waals surface area contributed by atoms with Crippen LogP contribution >= 0.6 is 0 Å². The average molecular weight is 429 g/mol. The van der Waals surface area contributed by atoms with Gasteiger partial charge in [0.2, 0.25) is 0 Å². The van der Waals surface area contributed by atoms with E-state index in [-0.39, 0.29) is 5.91 Å². The van der Waals surface area contributed by atoms with Gasteiger partial charge in [-0.2, -0.15) is 5.10 Å². The van der Waals surface area contributed by atoms with Gasteiger partial charge >= 0.3 is 0 Å². The number of nitrogens with zero attached hydrogens (tertiary/aromatic N) is 4. The Hall–Kier alpha value is -3.64. The number of carbonyl (C=O) groups is 1. The van der Waals surface area contributed by atoms with E-state index in [1.54, 1.807) is 17.0 Å². The van der Waals surface area contributed by atoms with Crippen LogP contribution in [-0.2, 0) is 13.1 Å². The van der Waals surface area contributed by atoms with Crippen LogP contribution in [0.15, 0.2) is 83.5 Å². The van der Waals surface area contributed by atoms with Crippen LogP contribution in [0, 0.1) is 0 Å². The summed E-state index contributed by atoms with van der Waals surface area (Å²) in [6, 6.07) is 23.6. The predicted molar refractivity (Wildman–Crippen MR) is 126 cm³/mol. The lowest BCUT2D eigenvalue weighted by atomic mass is 10.1. The molecule has 0 bridgehead atoms. The number of carbonyl (C=O) groups excluding carboxylic acids is 1. The van der Waals surface area contributed by atoms with Gasteiger partial charge in [-0.1, -0.05) is 42.5 Å². The summed E-state index contributed by atoms with van der Waals surface area (Å²) in [7, 11) is 4.11. The molecule has 0 saturated heterocycles. The molecule has 2 heterocycles. The Balaban J connectivity index is 1.63. The van der Waals surface area contributed by atoms with Gasteiger partial charge in [-0.15, -0.1) is 0 Å². The van der Waals surface area contributed by atoms with Crippen molar-refractivity contribution in [2.24, 2.45) is 0 Å². The minimum atomic E-state index is -0.0703. The van der Waals surface area contributed by atoms with Gasteiger partial charge in [0.25, 0.3) is 5.91 Å². The Morgan fingerprint density at radius 3 is 2.22 bits per heavy atom. The summed E-state index contributed by atoms with van der Waals surface area (Å²) in [6.45, 7) is 4.01. The largest absolute Gasteiger partial charge is 0.463 e. The van der Waals surface area contributed by atoms with Gasteiger partial charge < -0.3 is 14.2 Å². The summed E-state index contributed by atoms with van der Waals surface area (Å²) in [5.74, 6) is 0.562. The Morgan fingerprint density at radius 2 is 1.62 bits per heavy atom. The molecule has 0 aliphatic carbocycles. The molecule has 0 aliphatic rings. The molecule has 0 saturated carbocycles. The number of amides is 1. The molecule has 32 heavy (non-hydrogen) atoms. The molecular formula is C26H28N4O2. The Morgan fingerprint density at radius 1 is 0.938 bits per heavy atom. The fourth-order valence-electron chi connectivity index (χ4n) is 3.67. The van der Waals surface area contributed by atoms with Gasteiger partial charge in [-0.05, 0) is 56.4 Å². The Labute approximate surface area is 188 Å². The quantitative estimate of drug-likeness (QED) is 0.402. The van der Waals surface area contributed by atoms with Crippen molar-refractivity contribution >= 4 is 5.91 Å². The zero-order valence-corrected chi connectivity index (χ0v) is 18.7. The highest BCUT2D eigenvalue weighted by Crippen LogP contribution is 2.23. The zero-order valence-electron chi connectivity index (χ0n) is 18.7. The van der Waals surface area contributed by atoms with Gasteiger partial charge in [-0.25, -0.2) is 4.68 Å². The molecule has 164 valence electrons. The van der Waals surface area contributed by atoms with Gasteiger partial charge in [0.1, 0.15) is 11.4 Å². The van der Waals surface area contributed by atoms with Crippen molar-refractivity contribution in [1.29, 1.82) is 0 Å². The second kappa shape index (κ2) is 9.66. The fraction of sp³-hybridized carbons (Fsp3) is 0.231. The summed E-state index contributed by atoms with van der Waals surface area (Å²) in [6.07, 6.45) is 1.61. The van der Waals surface area contributed by atoms with Crippen LogP contribution in [0.1, 0.15) is 28.5 Å². The molecule has 0 atom stereocenters. The molecule has 0 unspecified atom stereocenters. The molecule has 0 fully saturated rings. The van der Waals surface area contributed by atoms with Crippen LogP contribution in [0.2, 0.25) is 0 Å². The number of para-hydroxylation sites is 1. The summed E-state index contributed by atoms with van der Waals surface area (Å²) < 4.78 is 7.22. The topological polar surface area (TPSA) is 54.5 Å². The van der Waals surface area contributed by atoms with Crippen molar-refractivity contribution in [3.8, 4) is 17.1 Å². The van der Waals surface area contributed by atoms with E-state index in [4.69, 9.17) is 4.42 Å². The van der Waals surface area contributed by atoms with Gasteiger partial charge in [-0.3, -0.25) is 4.79 Å². The number of aromatic nitrogens is 2. The van der Waals surface area contributed by atoms with Crippen molar-refractivity contribution in [3.05, 3.63) is 95.9 Å². The SMILES string of the molecule is CCN(Cc1ccc(CN(C)C)cc1)C(=O)c1cc(-c2ccco2)nn1-c1ccccc1. The molecule has 0 radical (unpaired) electrons. The lowest BCUT2D eigenvalue weighted by Crippen LogP contribution is -2.32. The van der Waals surface area contributed by atoms with Crippen LogP contribution in [0.3, 0.4) is 0 Å². The summed E-state index contributed by atoms with van der Waals surface area (Å²) in [5, 5.41) is 4.68. The number of hydrogen-bond acceptors (Lipinski definition) is 4. The van der Waals surface area contributed by atoms with E-state index < -0.39 is 0 Å². The first-order valence-corrected chi connectivity index (χ1v) is 10.8. The standard InChI is InChI=1S/C26H28N4O2/c1-4-29(19-21-14-12-20(13-15-21)18-28(2)3)26(31)24-17-23(25-11-8-16-32-25)27-30(24)22-9-6-5-7-10-22/h5-17H,4,18-19H2,1-3H3. The Kier molecular flexibility index (Phi) is 6.52. The lowest BCUT2D eigenvalue weighted by molar-refractivity contribution is 0.0743. The molecule has 4 rings (SSSR count). The third kappa shape index (κ3) is 4.81. The van der Waals surface area contributed by atoms with Crippen molar-refractivity contribution < 1.29 is 9.21 Å². The first kappa shape index (κ1) is 21.6.